The molecule has 0 amide bonds. The molecule has 0 N–H and O–H groups in total. The monoisotopic (exact) mass is 293 g/mol. The fraction of sp³-hybridized carbons (Fsp3) is 0.400. The first kappa shape index (κ1) is 15.0. The van der Waals surface area contributed by atoms with Crippen molar-refractivity contribution in [3.63, 3.8) is 0 Å². The van der Waals surface area contributed by atoms with Crippen molar-refractivity contribution in [3.8, 4) is 0 Å². The molecule has 1 aliphatic carbocycles. The molecule has 0 saturated heterocycles. The number of nitrogens with zero attached hydrogens (tertiary/aromatic N) is 1. The molecule has 2 nitrogen and oxygen atoms in total. The highest BCUT2D eigenvalue weighted by molar-refractivity contribution is 5.99. The fourth-order valence-corrected chi connectivity index (χ4v) is 3.37. The Morgan fingerprint density at radius 3 is 2.41 bits per heavy atom. The Kier molecular flexibility index (Phi) is 4.67. The summed E-state index contributed by atoms with van der Waals surface area (Å²) < 4.78 is 0. The number of rotatable bonds is 4. The molecule has 0 spiro atoms. The van der Waals surface area contributed by atoms with Gasteiger partial charge in [0.05, 0.1) is 0 Å². The summed E-state index contributed by atoms with van der Waals surface area (Å²) in [6, 6.07) is 14.2. The van der Waals surface area contributed by atoms with Crippen LogP contribution < -0.4 is 0 Å². The second-order valence-electron chi connectivity index (χ2n) is 6.30. The molecule has 114 valence electrons. The summed E-state index contributed by atoms with van der Waals surface area (Å²) >= 11 is 0. The van der Waals surface area contributed by atoms with Gasteiger partial charge >= 0.3 is 0 Å². The van der Waals surface area contributed by atoms with Crippen molar-refractivity contribution in [2.75, 3.05) is 0 Å². The highest BCUT2D eigenvalue weighted by Crippen LogP contribution is 2.33. The summed E-state index contributed by atoms with van der Waals surface area (Å²) in [6.45, 7) is 1.96. The molecule has 1 aliphatic rings. The first-order chi connectivity index (χ1) is 10.8. The van der Waals surface area contributed by atoms with Gasteiger partial charge in [-0.2, -0.15) is 0 Å². The molecule has 1 unspecified atom stereocenters. The molecule has 0 aliphatic heterocycles. The van der Waals surface area contributed by atoms with Crippen LogP contribution in [0.5, 0.6) is 0 Å². The summed E-state index contributed by atoms with van der Waals surface area (Å²) in [6.07, 6.45) is 8.36. The van der Waals surface area contributed by atoms with Crippen molar-refractivity contribution in [2.45, 2.75) is 50.9 Å². The summed E-state index contributed by atoms with van der Waals surface area (Å²) in [5, 5.41) is 0. The molecule has 0 radical (unpaired) electrons. The van der Waals surface area contributed by atoms with E-state index in [1.54, 1.807) is 12.3 Å². The number of hydrogen-bond donors (Lipinski definition) is 0. The van der Waals surface area contributed by atoms with Gasteiger partial charge in [-0.15, -0.1) is 0 Å². The average Bonchev–Trinajstić information content (AvgIpc) is 2.62. The third-order valence-corrected chi connectivity index (χ3v) is 4.82. The molecule has 1 saturated carbocycles. The number of hydrogen-bond acceptors (Lipinski definition) is 2. The Labute approximate surface area is 132 Å². The standard InChI is InChI=1S/C20H23NO/c1-15(20(22)19-9-5-6-14-21-19)16-10-12-18(13-11-16)17-7-3-2-4-8-17/h5-6,9-15,17H,2-4,7-8H2,1H3. The molecule has 0 bridgehead atoms. The van der Waals surface area contributed by atoms with Gasteiger partial charge in [0, 0.05) is 12.1 Å². The minimum absolute atomic E-state index is 0.0889. The average molecular weight is 293 g/mol. The number of carbonyl (C=O) groups excluding carboxylic acids is 1. The van der Waals surface area contributed by atoms with Gasteiger partial charge in [-0.1, -0.05) is 56.5 Å². The minimum Gasteiger partial charge on any atom is -0.292 e. The van der Waals surface area contributed by atoms with Crippen LogP contribution in [0.2, 0.25) is 0 Å². The van der Waals surface area contributed by atoms with Gasteiger partial charge in [-0.05, 0) is 42.0 Å². The molecule has 2 heteroatoms. The summed E-state index contributed by atoms with van der Waals surface area (Å²) in [5.74, 6) is 0.658. The Balaban J connectivity index is 1.73. The number of Topliss-reactive ketones (excluding diaryl/α,β-unsaturated/α-hetero) is 1. The maximum atomic E-state index is 12.5. The van der Waals surface area contributed by atoms with E-state index < -0.39 is 0 Å². The van der Waals surface area contributed by atoms with Crippen LogP contribution in [-0.2, 0) is 0 Å². The third-order valence-electron chi connectivity index (χ3n) is 4.82. The third kappa shape index (κ3) is 3.27. The van der Waals surface area contributed by atoms with Crippen LogP contribution in [0.1, 0.15) is 72.5 Å². The van der Waals surface area contributed by atoms with Crippen LogP contribution in [0.25, 0.3) is 0 Å². The highest BCUT2D eigenvalue weighted by atomic mass is 16.1. The Morgan fingerprint density at radius 1 is 1.05 bits per heavy atom. The lowest BCUT2D eigenvalue weighted by Gasteiger charge is -2.22. The normalized spacial score (nSPS) is 17.1. The molecule has 1 aromatic carbocycles. The van der Waals surface area contributed by atoms with Crippen LogP contribution in [0.3, 0.4) is 0 Å². The van der Waals surface area contributed by atoms with Gasteiger partial charge in [0.15, 0.2) is 5.78 Å². The molecule has 2 aromatic rings. The zero-order chi connectivity index (χ0) is 15.4. The van der Waals surface area contributed by atoms with Crippen molar-refractivity contribution in [1.29, 1.82) is 0 Å². The second kappa shape index (κ2) is 6.87. The van der Waals surface area contributed by atoms with Gasteiger partial charge in [0.1, 0.15) is 5.69 Å². The molecule has 1 aromatic heterocycles. The van der Waals surface area contributed by atoms with Crippen LogP contribution in [-0.4, -0.2) is 10.8 Å². The maximum absolute atomic E-state index is 12.5. The second-order valence-corrected chi connectivity index (χ2v) is 6.30. The topological polar surface area (TPSA) is 30.0 Å². The molecule has 22 heavy (non-hydrogen) atoms. The molecular weight excluding hydrogens is 270 g/mol. The van der Waals surface area contributed by atoms with Gasteiger partial charge in [-0.3, -0.25) is 9.78 Å². The van der Waals surface area contributed by atoms with Crippen molar-refractivity contribution in [1.82, 2.24) is 4.98 Å². The Bertz CT molecular complexity index is 612. The quantitative estimate of drug-likeness (QED) is 0.733. The van der Waals surface area contributed by atoms with E-state index in [4.69, 9.17) is 0 Å². The zero-order valence-corrected chi connectivity index (χ0v) is 13.2. The lowest BCUT2D eigenvalue weighted by Crippen LogP contribution is -2.11. The van der Waals surface area contributed by atoms with E-state index >= 15 is 0 Å². The number of carbonyl (C=O) groups is 1. The predicted octanol–water partition coefficient (Wildman–Crippen LogP) is 5.12. The van der Waals surface area contributed by atoms with Crippen LogP contribution in [0.4, 0.5) is 0 Å². The number of aromatic nitrogens is 1. The summed E-state index contributed by atoms with van der Waals surface area (Å²) in [4.78, 5) is 16.6. The van der Waals surface area contributed by atoms with Crippen LogP contribution in [0.15, 0.2) is 48.7 Å². The van der Waals surface area contributed by atoms with E-state index in [0.29, 0.717) is 11.6 Å². The summed E-state index contributed by atoms with van der Waals surface area (Å²) in [7, 11) is 0. The smallest absolute Gasteiger partial charge is 0.188 e. The molecule has 3 rings (SSSR count). The highest BCUT2D eigenvalue weighted by Gasteiger charge is 2.19. The lowest BCUT2D eigenvalue weighted by molar-refractivity contribution is 0.0961. The van der Waals surface area contributed by atoms with Crippen molar-refractivity contribution in [2.24, 2.45) is 0 Å². The predicted molar refractivity (Wildman–Crippen MR) is 89.3 cm³/mol. The Hall–Kier alpha value is -1.96. The van der Waals surface area contributed by atoms with Gasteiger partial charge in [0.25, 0.3) is 0 Å². The van der Waals surface area contributed by atoms with E-state index in [0.717, 1.165) is 5.56 Å². The van der Waals surface area contributed by atoms with Crippen molar-refractivity contribution < 1.29 is 4.79 Å². The lowest BCUT2D eigenvalue weighted by atomic mass is 9.83. The molecule has 1 atom stereocenters. The van der Waals surface area contributed by atoms with E-state index in [9.17, 15) is 4.79 Å². The van der Waals surface area contributed by atoms with E-state index in [1.165, 1.54) is 37.7 Å². The molecule has 1 heterocycles. The SMILES string of the molecule is CC(C(=O)c1ccccn1)c1ccc(C2CCCCC2)cc1. The number of benzene rings is 1. The van der Waals surface area contributed by atoms with E-state index in [2.05, 4.69) is 29.2 Å². The largest absolute Gasteiger partial charge is 0.292 e. The minimum atomic E-state index is -0.143. The fourth-order valence-electron chi connectivity index (χ4n) is 3.37. The molecular formula is C20H23NO. The summed E-state index contributed by atoms with van der Waals surface area (Å²) in [5.41, 5.74) is 3.06. The zero-order valence-electron chi connectivity index (χ0n) is 13.2. The van der Waals surface area contributed by atoms with E-state index in [1.807, 2.05) is 19.1 Å². The first-order valence-corrected chi connectivity index (χ1v) is 8.31. The van der Waals surface area contributed by atoms with E-state index in [-0.39, 0.29) is 11.7 Å². The van der Waals surface area contributed by atoms with Crippen molar-refractivity contribution in [3.05, 3.63) is 65.5 Å². The van der Waals surface area contributed by atoms with Gasteiger partial charge in [-0.25, -0.2) is 0 Å². The number of ketones is 1. The van der Waals surface area contributed by atoms with Crippen LogP contribution >= 0.6 is 0 Å². The first-order valence-electron chi connectivity index (χ1n) is 8.31. The maximum Gasteiger partial charge on any atom is 0.188 e. The van der Waals surface area contributed by atoms with Crippen LogP contribution in [0, 0.1) is 0 Å². The Morgan fingerprint density at radius 2 is 1.77 bits per heavy atom. The van der Waals surface area contributed by atoms with Crippen molar-refractivity contribution >= 4 is 5.78 Å². The number of pyridine rings is 1. The van der Waals surface area contributed by atoms with Gasteiger partial charge in [0.2, 0.25) is 0 Å². The molecule has 1 fully saturated rings. The van der Waals surface area contributed by atoms with Gasteiger partial charge < -0.3 is 0 Å².